The second-order valence-corrected chi connectivity index (χ2v) is 7.34. The van der Waals surface area contributed by atoms with E-state index in [9.17, 15) is 18.7 Å². The van der Waals surface area contributed by atoms with E-state index in [1.165, 1.54) is 0 Å². The standard InChI is InChI=1S/C21H20F2N4O2/c1-3-18(28)17-4-11(2)14(10-25-17)12-5-13-9-26-19(6-16(13)24-8-12)27-20(29)15-7-21(15,22)23/h4-6,8-10,15,18,28H,3,7H2,1-2H3,(H,26,27,29)/t15-,18-/m1/s1. The van der Waals surface area contributed by atoms with Crippen molar-refractivity contribution in [2.75, 3.05) is 5.32 Å². The molecule has 0 saturated heterocycles. The number of hydrogen-bond acceptors (Lipinski definition) is 5. The zero-order valence-corrected chi connectivity index (χ0v) is 16.0. The summed E-state index contributed by atoms with van der Waals surface area (Å²) >= 11 is 0. The molecule has 3 heterocycles. The molecule has 0 aliphatic heterocycles. The number of nitrogens with zero attached hydrogens (tertiary/aromatic N) is 3. The first-order valence-corrected chi connectivity index (χ1v) is 9.38. The Balaban J connectivity index is 1.58. The number of alkyl halides is 2. The van der Waals surface area contributed by atoms with Crippen LogP contribution in [0.25, 0.3) is 22.0 Å². The van der Waals surface area contributed by atoms with E-state index in [1.807, 2.05) is 26.0 Å². The molecule has 3 aromatic rings. The molecule has 0 spiro atoms. The number of carbonyl (C=O) groups excluding carboxylic acids is 1. The molecule has 1 aliphatic rings. The van der Waals surface area contributed by atoms with Crippen molar-refractivity contribution >= 4 is 22.6 Å². The van der Waals surface area contributed by atoms with Crippen molar-refractivity contribution in [3.8, 4) is 11.1 Å². The van der Waals surface area contributed by atoms with Gasteiger partial charge in [0.25, 0.3) is 5.92 Å². The van der Waals surface area contributed by atoms with Crippen LogP contribution in [0.15, 0.2) is 36.8 Å². The second kappa shape index (κ2) is 7.11. The Morgan fingerprint density at radius 1 is 1.24 bits per heavy atom. The molecular formula is C21H20F2N4O2. The van der Waals surface area contributed by atoms with Crippen LogP contribution in [-0.4, -0.2) is 31.9 Å². The Morgan fingerprint density at radius 2 is 2.00 bits per heavy atom. The number of anilines is 1. The molecule has 2 atom stereocenters. The molecule has 4 rings (SSSR count). The molecule has 2 N–H and O–H groups in total. The molecule has 1 amide bonds. The fourth-order valence-corrected chi connectivity index (χ4v) is 3.22. The normalized spacial score (nSPS) is 18.4. The number of fused-ring (bicyclic) bond motifs is 1. The summed E-state index contributed by atoms with van der Waals surface area (Å²) in [5.41, 5.74) is 3.91. The lowest BCUT2D eigenvalue weighted by Crippen LogP contribution is -2.18. The smallest absolute Gasteiger partial charge is 0.260 e. The summed E-state index contributed by atoms with van der Waals surface area (Å²) in [5.74, 6) is -4.72. The van der Waals surface area contributed by atoms with Gasteiger partial charge in [0.2, 0.25) is 5.91 Å². The Kier molecular flexibility index (Phi) is 4.74. The number of amides is 1. The monoisotopic (exact) mass is 398 g/mol. The van der Waals surface area contributed by atoms with Crippen molar-refractivity contribution in [3.63, 3.8) is 0 Å². The number of aromatic nitrogens is 3. The molecule has 1 saturated carbocycles. The number of rotatable bonds is 5. The molecule has 8 heteroatoms. The molecule has 1 aliphatic carbocycles. The molecule has 0 radical (unpaired) electrons. The van der Waals surface area contributed by atoms with Crippen molar-refractivity contribution < 1.29 is 18.7 Å². The maximum atomic E-state index is 13.0. The molecule has 29 heavy (non-hydrogen) atoms. The van der Waals surface area contributed by atoms with E-state index in [0.29, 0.717) is 17.6 Å². The van der Waals surface area contributed by atoms with Gasteiger partial charge in [0.1, 0.15) is 11.7 Å². The van der Waals surface area contributed by atoms with Gasteiger partial charge in [-0.1, -0.05) is 6.92 Å². The summed E-state index contributed by atoms with van der Waals surface area (Å²) in [7, 11) is 0. The van der Waals surface area contributed by atoms with Gasteiger partial charge >= 0.3 is 0 Å². The maximum absolute atomic E-state index is 13.0. The van der Waals surface area contributed by atoms with Crippen LogP contribution in [0.2, 0.25) is 0 Å². The lowest BCUT2D eigenvalue weighted by atomic mass is 10.0. The highest BCUT2D eigenvalue weighted by molar-refractivity contribution is 5.96. The van der Waals surface area contributed by atoms with E-state index in [-0.39, 0.29) is 5.82 Å². The quantitative estimate of drug-likeness (QED) is 0.677. The van der Waals surface area contributed by atoms with E-state index in [4.69, 9.17) is 0 Å². The number of halogens is 2. The van der Waals surface area contributed by atoms with Crippen LogP contribution in [0.4, 0.5) is 14.6 Å². The minimum Gasteiger partial charge on any atom is -0.387 e. The van der Waals surface area contributed by atoms with Crippen molar-refractivity contribution in [3.05, 3.63) is 48.0 Å². The van der Waals surface area contributed by atoms with E-state index in [0.717, 1.165) is 22.1 Å². The minimum absolute atomic E-state index is 0.196. The van der Waals surface area contributed by atoms with Crippen LogP contribution in [0.3, 0.4) is 0 Å². The molecule has 0 unspecified atom stereocenters. The van der Waals surface area contributed by atoms with Gasteiger partial charge in [-0.05, 0) is 31.0 Å². The van der Waals surface area contributed by atoms with Crippen molar-refractivity contribution in [1.29, 1.82) is 0 Å². The van der Waals surface area contributed by atoms with Gasteiger partial charge in [0.15, 0.2) is 0 Å². The first kappa shape index (κ1) is 19.3. The highest BCUT2D eigenvalue weighted by atomic mass is 19.3. The van der Waals surface area contributed by atoms with Crippen LogP contribution < -0.4 is 5.32 Å². The molecular weight excluding hydrogens is 378 g/mol. The lowest BCUT2D eigenvalue weighted by Gasteiger charge is -2.12. The molecule has 1 fully saturated rings. The van der Waals surface area contributed by atoms with Crippen LogP contribution in [0, 0.1) is 12.8 Å². The topological polar surface area (TPSA) is 88.0 Å². The Morgan fingerprint density at radius 3 is 2.66 bits per heavy atom. The number of aliphatic hydroxyl groups excluding tert-OH is 1. The third kappa shape index (κ3) is 3.80. The second-order valence-electron chi connectivity index (χ2n) is 7.34. The first-order chi connectivity index (χ1) is 13.8. The molecule has 150 valence electrons. The fourth-order valence-electron chi connectivity index (χ4n) is 3.22. The SMILES string of the molecule is CC[C@@H](O)c1cc(C)c(-c2cnc3cc(NC(=O)[C@H]4CC4(F)F)ncc3c2)cn1. The number of nitrogens with one attached hydrogen (secondary N) is 1. The predicted molar refractivity (Wildman–Crippen MR) is 104 cm³/mol. The van der Waals surface area contributed by atoms with Crippen molar-refractivity contribution in [2.24, 2.45) is 5.92 Å². The zero-order valence-electron chi connectivity index (χ0n) is 16.0. The molecule has 6 nitrogen and oxygen atoms in total. The third-order valence-electron chi connectivity index (χ3n) is 5.13. The van der Waals surface area contributed by atoms with Gasteiger partial charge in [0.05, 0.1) is 17.3 Å². The van der Waals surface area contributed by atoms with Crippen LogP contribution >= 0.6 is 0 Å². The Labute approximate surface area is 166 Å². The summed E-state index contributed by atoms with van der Waals surface area (Å²) in [5, 5.41) is 13.1. The van der Waals surface area contributed by atoms with E-state index < -0.39 is 30.3 Å². The summed E-state index contributed by atoms with van der Waals surface area (Å²) in [4.78, 5) is 24.7. The summed E-state index contributed by atoms with van der Waals surface area (Å²) < 4.78 is 26.0. The first-order valence-electron chi connectivity index (χ1n) is 9.38. The zero-order chi connectivity index (χ0) is 20.8. The highest BCUT2D eigenvalue weighted by Gasteiger charge is 2.61. The number of hydrogen-bond donors (Lipinski definition) is 2. The maximum Gasteiger partial charge on any atom is 0.260 e. The van der Waals surface area contributed by atoms with Crippen LogP contribution in [-0.2, 0) is 4.79 Å². The predicted octanol–water partition coefficient (Wildman–Crippen LogP) is 4.04. The van der Waals surface area contributed by atoms with Crippen molar-refractivity contribution in [1.82, 2.24) is 15.0 Å². The van der Waals surface area contributed by atoms with Gasteiger partial charge in [-0.25, -0.2) is 13.8 Å². The van der Waals surface area contributed by atoms with Crippen molar-refractivity contribution in [2.45, 2.75) is 38.7 Å². The minimum atomic E-state index is -2.91. The summed E-state index contributed by atoms with van der Waals surface area (Å²) in [6.45, 7) is 3.83. The molecule has 0 bridgehead atoms. The fraction of sp³-hybridized carbons (Fsp3) is 0.333. The number of aliphatic hydroxyl groups is 1. The van der Waals surface area contributed by atoms with Gasteiger partial charge in [0, 0.05) is 47.6 Å². The number of aryl methyl sites for hydroxylation is 1. The van der Waals surface area contributed by atoms with Gasteiger partial charge < -0.3 is 10.4 Å². The Bertz CT molecular complexity index is 1100. The largest absolute Gasteiger partial charge is 0.387 e. The highest BCUT2D eigenvalue weighted by Crippen LogP contribution is 2.49. The summed E-state index contributed by atoms with van der Waals surface area (Å²) in [6, 6.07) is 5.32. The van der Waals surface area contributed by atoms with E-state index in [2.05, 4.69) is 20.3 Å². The average Bonchev–Trinajstić information content (AvgIpc) is 3.35. The molecule has 0 aromatic carbocycles. The number of pyridine rings is 3. The lowest BCUT2D eigenvalue weighted by molar-refractivity contribution is -0.119. The van der Waals surface area contributed by atoms with E-state index in [1.54, 1.807) is 24.7 Å². The van der Waals surface area contributed by atoms with Crippen LogP contribution in [0.1, 0.15) is 37.1 Å². The van der Waals surface area contributed by atoms with Gasteiger partial charge in [-0.3, -0.25) is 14.8 Å². The van der Waals surface area contributed by atoms with E-state index >= 15 is 0 Å². The third-order valence-corrected chi connectivity index (χ3v) is 5.13. The van der Waals surface area contributed by atoms with Gasteiger partial charge in [-0.15, -0.1) is 0 Å². The summed E-state index contributed by atoms with van der Waals surface area (Å²) in [6.07, 6.45) is 4.52. The van der Waals surface area contributed by atoms with Crippen LogP contribution in [0.5, 0.6) is 0 Å². The Hall–Kier alpha value is -3.00. The van der Waals surface area contributed by atoms with Gasteiger partial charge in [-0.2, -0.15) is 0 Å². The average molecular weight is 398 g/mol. The number of carbonyl (C=O) groups is 1. The molecule has 3 aromatic heterocycles.